The molecule has 0 aliphatic carbocycles. The van der Waals surface area contributed by atoms with Crippen LogP contribution >= 0.6 is 11.6 Å². The van der Waals surface area contributed by atoms with Crippen molar-refractivity contribution >= 4 is 44.9 Å². The topological polar surface area (TPSA) is 132 Å². The van der Waals surface area contributed by atoms with E-state index < -0.39 is 20.6 Å². The van der Waals surface area contributed by atoms with E-state index in [2.05, 4.69) is 20.3 Å². The van der Waals surface area contributed by atoms with Crippen LogP contribution < -0.4 is 10.1 Å². The second-order valence-corrected chi connectivity index (χ2v) is 10.3. The van der Waals surface area contributed by atoms with Gasteiger partial charge in [-0.15, -0.1) is 0 Å². The molecule has 37 heavy (non-hydrogen) atoms. The maximum Gasteiger partial charge on any atom is 0.295 e. The molecular formula is C25H23ClN6O4S. The van der Waals surface area contributed by atoms with Crippen molar-refractivity contribution in [3.8, 4) is 5.69 Å². The number of nitrogens with one attached hydrogen (secondary N) is 2. The van der Waals surface area contributed by atoms with E-state index in [1.165, 1.54) is 18.3 Å². The number of para-hydroxylation sites is 1. The van der Waals surface area contributed by atoms with Crippen molar-refractivity contribution in [1.29, 1.82) is 0 Å². The van der Waals surface area contributed by atoms with E-state index in [0.717, 1.165) is 22.9 Å². The normalized spacial score (nSPS) is 11.6. The van der Waals surface area contributed by atoms with Crippen LogP contribution in [-0.2, 0) is 10.0 Å². The molecular weight excluding hydrogens is 516 g/mol. The Morgan fingerprint density at radius 3 is 2.41 bits per heavy atom. The number of hydrogen-bond acceptors (Lipinski definition) is 7. The fourth-order valence-corrected chi connectivity index (χ4v) is 5.09. The zero-order valence-electron chi connectivity index (χ0n) is 20.1. The van der Waals surface area contributed by atoms with Gasteiger partial charge in [-0.2, -0.15) is 10.2 Å². The lowest BCUT2D eigenvalue weighted by molar-refractivity contribution is -0.384. The smallest absolute Gasteiger partial charge is 0.279 e. The Morgan fingerprint density at radius 2 is 1.73 bits per heavy atom. The third kappa shape index (κ3) is 5.63. The second-order valence-electron chi connectivity index (χ2n) is 8.27. The molecule has 0 amide bonds. The highest BCUT2D eigenvalue weighted by atomic mass is 35.5. The van der Waals surface area contributed by atoms with Crippen LogP contribution in [0.15, 0.2) is 76.7 Å². The van der Waals surface area contributed by atoms with Gasteiger partial charge in [-0.05, 0) is 56.7 Å². The van der Waals surface area contributed by atoms with Crippen molar-refractivity contribution in [2.75, 3.05) is 10.1 Å². The van der Waals surface area contributed by atoms with E-state index in [0.29, 0.717) is 22.1 Å². The lowest BCUT2D eigenvalue weighted by atomic mass is 10.1. The van der Waals surface area contributed by atoms with Crippen LogP contribution in [0.5, 0.6) is 0 Å². The maximum absolute atomic E-state index is 12.9. The molecule has 12 heteroatoms. The van der Waals surface area contributed by atoms with Crippen molar-refractivity contribution < 1.29 is 13.3 Å². The van der Waals surface area contributed by atoms with Crippen LogP contribution in [0.2, 0.25) is 5.15 Å². The number of anilines is 2. The Morgan fingerprint density at radius 1 is 1.03 bits per heavy atom. The standard InChI is InChI=1S/C25H23ClN6O4S/c1-16-9-11-22(17(2)13-16)30-37(35,36)20-10-12-23(24(14-20)32(33)34)28-27-15-21-18(3)29-31(25(21)26)19-7-5-4-6-8-19/h4-15,28,30H,1-3H3/b27-15+. The number of nitrogens with zero attached hydrogens (tertiary/aromatic N) is 4. The van der Waals surface area contributed by atoms with Crippen LogP contribution in [-0.4, -0.2) is 29.3 Å². The first kappa shape index (κ1) is 25.9. The Kier molecular flexibility index (Phi) is 7.28. The molecule has 0 spiro atoms. The zero-order chi connectivity index (χ0) is 26.7. The van der Waals surface area contributed by atoms with Crippen molar-refractivity contribution in [1.82, 2.24) is 9.78 Å². The van der Waals surface area contributed by atoms with Gasteiger partial charge >= 0.3 is 0 Å². The van der Waals surface area contributed by atoms with Gasteiger partial charge in [-0.1, -0.05) is 47.5 Å². The molecule has 0 aliphatic rings. The monoisotopic (exact) mass is 538 g/mol. The number of aryl methyl sites for hydroxylation is 3. The van der Waals surface area contributed by atoms with Crippen molar-refractivity contribution in [3.05, 3.63) is 104 Å². The van der Waals surface area contributed by atoms with Crippen molar-refractivity contribution in [3.63, 3.8) is 0 Å². The fraction of sp³-hybridized carbons (Fsp3) is 0.120. The summed E-state index contributed by atoms with van der Waals surface area (Å²) in [6.07, 6.45) is 1.40. The Balaban J connectivity index is 1.58. The number of aromatic nitrogens is 2. The first-order chi connectivity index (χ1) is 17.6. The number of rotatable bonds is 8. The van der Waals surface area contributed by atoms with Crippen LogP contribution in [0.25, 0.3) is 5.69 Å². The lowest BCUT2D eigenvalue weighted by Gasteiger charge is -2.12. The molecule has 3 aromatic carbocycles. The largest absolute Gasteiger partial charge is 0.295 e. The molecule has 4 rings (SSSR count). The van der Waals surface area contributed by atoms with Gasteiger partial charge in [0.2, 0.25) is 0 Å². The Labute approximate surface area is 218 Å². The minimum absolute atomic E-state index is 0.0101. The number of halogens is 1. The van der Waals surface area contributed by atoms with Gasteiger partial charge in [0.05, 0.1) is 38.7 Å². The van der Waals surface area contributed by atoms with Gasteiger partial charge in [-0.25, -0.2) is 13.1 Å². The van der Waals surface area contributed by atoms with Gasteiger partial charge in [0, 0.05) is 6.07 Å². The first-order valence-electron chi connectivity index (χ1n) is 11.0. The number of sulfonamides is 1. The number of benzene rings is 3. The minimum Gasteiger partial charge on any atom is -0.279 e. The third-order valence-corrected chi connectivity index (χ3v) is 7.26. The molecule has 190 valence electrons. The van der Waals surface area contributed by atoms with Gasteiger partial charge in [0.25, 0.3) is 15.7 Å². The third-order valence-electron chi connectivity index (χ3n) is 5.53. The molecule has 0 saturated carbocycles. The van der Waals surface area contributed by atoms with Crippen LogP contribution in [0.4, 0.5) is 17.1 Å². The molecule has 2 N–H and O–H groups in total. The van der Waals surface area contributed by atoms with Crippen molar-refractivity contribution in [2.24, 2.45) is 5.10 Å². The predicted molar refractivity (Wildman–Crippen MR) is 144 cm³/mol. The van der Waals surface area contributed by atoms with E-state index in [9.17, 15) is 18.5 Å². The molecule has 1 aromatic heterocycles. The van der Waals surface area contributed by atoms with Gasteiger partial charge in [-0.3, -0.25) is 20.3 Å². The summed E-state index contributed by atoms with van der Waals surface area (Å²) >= 11 is 6.48. The highest BCUT2D eigenvalue weighted by Crippen LogP contribution is 2.29. The number of nitro groups is 1. The summed E-state index contributed by atoms with van der Waals surface area (Å²) in [4.78, 5) is 10.8. The van der Waals surface area contributed by atoms with Crippen LogP contribution in [0, 0.1) is 30.9 Å². The van der Waals surface area contributed by atoms with E-state index >= 15 is 0 Å². The fourth-order valence-electron chi connectivity index (χ4n) is 3.62. The van der Waals surface area contributed by atoms with Crippen LogP contribution in [0.3, 0.4) is 0 Å². The van der Waals surface area contributed by atoms with E-state index in [-0.39, 0.29) is 10.6 Å². The number of hydrogen-bond donors (Lipinski definition) is 2. The first-order valence-corrected chi connectivity index (χ1v) is 12.9. The molecule has 0 radical (unpaired) electrons. The molecule has 0 fully saturated rings. The number of nitro benzene ring substituents is 1. The molecule has 0 saturated heterocycles. The molecule has 0 unspecified atom stereocenters. The molecule has 0 bridgehead atoms. The summed E-state index contributed by atoms with van der Waals surface area (Å²) in [5.41, 5.74) is 6.17. The van der Waals surface area contributed by atoms with Gasteiger partial charge in [0.1, 0.15) is 10.8 Å². The molecule has 4 aromatic rings. The highest BCUT2D eigenvalue weighted by molar-refractivity contribution is 7.92. The zero-order valence-corrected chi connectivity index (χ0v) is 21.7. The van der Waals surface area contributed by atoms with E-state index in [1.54, 1.807) is 30.7 Å². The van der Waals surface area contributed by atoms with E-state index in [4.69, 9.17) is 11.6 Å². The number of hydrazone groups is 1. The summed E-state index contributed by atoms with van der Waals surface area (Å²) < 4.78 is 29.9. The minimum atomic E-state index is -4.07. The van der Waals surface area contributed by atoms with Crippen molar-refractivity contribution in [2.45, 2.75) is 25.7 Å². The van der Waals surface area contributed by atoms with E-state index in [1.807, 2.05) is 43.3 Å². The highest BCUT2D eigenvalue weighted by Gasteiger charge is 2.22. The molecule has 0 atom stereocenters. The summed E-state index contributed by atoms with van der Waals surface area (Å²) in [5, 5.41) is 20.5. The molecule has 1 heterocycles. The van der Waals surface area contributed by atoms with Gasteiger partial charge in [0.15, 0.2) is 0 Å². The maximum atomic E-state index is 12.9. The summed E-state index contributed by atoms with van der Waals surface area (Å²) in [6, 6.07) is 18.1. The molecule has 0 aliphatic heterocycles. The Hall–Kier alpha value is -4.22. The average molecular weight is 539 g/mol. The second kappa shape index (κ2) is 10.4. The SMILES string of the molecule is Cc1ccc(NS(=O)(=O)c2ccc(N/N=C/c3c(C)nn(-c4ccccc4)c3Cl)c([N+](=O)[O-])c2)c(C)c1. The Bertz CT molecular complexity index is 1620. The summed E-state index contributed by atoms with van der Waals surface area (Å²) in [6.45, 7) is 5.43. The average Bonchev–Trinajstić information content (AvgIpc) is 3.14. The lowest BCUT2D eigenvalue weighted by Crippen LogP contribution is -2.14. The quantitative estimate of drug-likeness (QED) is 0.170. The van der Waals surface area contributed by atoms with Crippen LogP contribution in [0.1, 0.15) is 22.4 Å². The predicted octanol–water partition coefficient (Wildman–Crippen LogP) is 5.61. The summed E-state index contributed by atoms with van der Waals surface area (Å²) in [5.74, 6) is 0. The molecule has 10 nitrogen and oxygen atoms in total. The van der Waals surface area contributed by atoms with Gasteiger partial charge < -0.3 is 0 Å². The summed E-state index contributed by atoms with van der Waals surface area (Å²) in [7, 11) is -4.07.